The molecule has 2 aliphatic heterocycles. The lowest BCUT2D eigenvalue weighted by Crippen LogP contribution is -2.34. The van der Waals surface area contributed by atoms with Crippen LogP contribution in [0.5, 0.6) is 5.75 Å². The number of anilines is 1. The van der Waals surface area contributed by atoms with Crippen molar-refractivity contribution < 1.29 is 23.5 Å². The number of halogens is 2. The molecule has 4 rings (SSSR count). The molecule has 1 N–H and O–H groups in total. The molecular weight excluding hydrogens is 531 g/mol. The summed E-state index contributed by atoms with van der Waals surface area (Å²) in [6, 6.07) is 8.47. The number of nitrogens with zero attached hydrogens (tertiary/aromatic N) is 3. The lowest BCUT2D eigenvalue weighted by molar-refractivity contribution is -0.143. The normalized spacial score (nSPS) is 14.5. The number of rotatable bonds is 9. The van der Waals surface area contributed by atoms with Crippen LogP contribution < -0.4 is 10.1 Å². The van der Waals surface area contributed by atoms with E-state index in [1.54, 1.807) is 30.0 Å². The lowest BCUT2D eigenvalue weighted by atomic mass is 10.1. The zero-order valence-corrected chi connectivity index (χ0v) is 22.5. The monoisotopic (exact) mass is 564 g/mol. The number of pyridine rings is 1. The van der Waals surface area contributed by atoms with E-state index < -0.39 is 0 Å². The average molecular weight is 565 g/mol. The third-order valence-corrected chi connectivity index (χ3v) is 6.70. The summed E-state index contributed by atoms with van der Waals surface area (Å²) >= 11 is 3.63. The molecule has 0 bridgehead atoms. The third kappa shape index (κ3) is 7.81. The quantitative estimate of drug-likeness (QED) is 0.446. The molecule has 1 aromatic carbocycles. The Hall–Kier alpha value is -2.88. The highest BCUT2D eigenvalue weighted by Gasteiger charge is 2.28. The van der Waals surface area contributed by atoms with Gasteiger partial charge in [-0.15, -0.1) is 0 Å². The molecular formula is C26H34BrFN4O4. The molecule has 3 heterocycles. The zero-order valence-electron chi connectivity index (χ0n) is 20.9. The second-order valence-electron chi connectivity index (χ2n) is 8.50. The number of hydrogen-bond acceptors (Lipinski definition) is 6. The minimum Gasteiger partial charge on any atom is -0.494 e. The van der Waals surface area contributed by atoms with Crippen molar-refractivity contribution in [2.75, 3.05) is 51.8 Å². The number of aryl methyl sites for hydroxylation is 2. The van der Waals surface area contributed by atoms with Crippen molar-refractivity contribution in [1.29, 1.82) is 0 Å². The highest BCUT2D eigenvalue weighted by molar-refractivity contribution is 9.10. The number of fused-ring (bicyclic) bond motifs is 1. The predicted octanol–water partition coefficient (Wildman–Crippen LogP) is 4.66. The number of methoxy groups -OCH3 is 1. The second-order valence-corrected chi connectivity index (χ2v) is 9.36. The van der Waals surface area contributed by atoms with Crippen LogP contribution in [0.15, 0.2) is 34.8 Å². The van der Waals surface area contributed by atoms with Crippen molar-refractivity contribution in [2.45, 2.75) is 39.0 Å². The summed E-state index contributed by atoms with van der Waals surface area (Å²) in [5, 5.41) is 3.37. The van der Waals surface area contributed by atoms with Gasteiger partial charge < -0.3 is 24.6 Å². The molecule has 0 radical (unpaired) electrons. The van der Waals surface area contributed by atoms with Gasteiger partial charge in [-0.3, -0.25) is 4.79 Å². The van der Waals surface area contributed by atoms with E-state index in [4.69, 9.17) is 9.72 Å². The number of benzene rings is 1. The molecule has 1 aromatic heterocycles. The van der Waals surface area contributed by atoms with Gasteiger partial charge in [-0.2, -0.15) is 0 Å². The van der Waals surface area contributed by atoms with Crippen molar-refractivity contribution in [1.82, 2.24) is 14.8 Å². The SMILES string of the molecule is CCOC(=O)CCN1CCN(CCCc2nc3c(cc2Br)CCCN3)C1=O.COc1ccccc1F. The molecule has 36 heavy (non-hydrogen) atoms. The first-order chi connectivity index (χ1) is 17.4. The van der Waals surface area contributed by atoms with E-state index in [2.05, 4.69) is 32.0 Å². The van der Waals surface area contributed by atoms with Gasteiger partial charge in [0.25, 0.3) is 0 Å². The number of carbonyl (C=O) groups excluding carboxylic acids is 2. The zero-order chi connectivity index (χ0) is 25.9. The molecule has 8 nitrogen and oxygen atoms in total. The van der Waals surface area contributed by atoms with Crippen LogP contribution in [-0.4, -0.2) is 73.2 Å². The molecule has 196 valence electrons. The van der Waals surface area contributed by atoms with E-state index in [1.807, 2.05) is 4.90 Å². The van der Waals surface area contributed by atoms with Crippen LogP contribution in [0.2, 0.25) is 0 Å². The number of carbonyl (C=O) groups is 2. The standard InChI is InChI=1S/C19H27BrN4O3.C7H7FO/c1-2-27-17(25)7-10-24-12-11-23(19(24)26)9-4-6-16-15(20)13-14-5-3-8-21-18(14)22-16;1-9-7-5-3-2-4-6(7)8/h13H,2-12H2,1H3,(H,21,22);2-5H,1H3. The Kier molecular flexibility index (Phi) is 10.8. The van der Waals surface area contributed by atoms with Crippen molar-refractivity contribution >= 4 is 33.7 Å². The van der Waals surface area contributed by atoms with Gasteiger partial charge in [0, 0.05) is 37.2 Å². The predicted molar refractivity (Wildman–Crippen MR) is 140 cm³/mol. The smallest absolute Gasteiger partial charge is 0.320 e. The average Bonchev–Trinajstić information content (AvgIpc) is 3.23. The number of hydrogen-bond donors (Lipinski definition) is 1. The molecule has 0 unspecified atom stereocenters. The number of aromatic nitrogens is 1. The van der Waals surface area contributed by atoms with Crippen LogP contribution >= 0.6 is 15.9 Å². The van der Waals surface area contributed by atoms with E-state index in [1.165, 1.54) is 18.7 Å². The van der Waals surface area contributed by atoms with E-state index in [0.29, 0.717) is 32.8 Å². The van der Waals surface area contributed by atoms with Crippen molar-refractivity contribution in [3.63, 3.8) is 0 Å². The van der Waals surface area contributed by atoms with Gasteiger partial charge >= 0.3 is 12.0 Å². The van der Waals surface area contributed by atoms with E-state index in [-0.39, 0.29) is 30.0 Å². The van der Waals surface area contributed by atoms with Crippen molar-refractivity contribution in [2.24, 2.45) is 0 Å². The summed E-state index contributed by atoms with van der Waals surface area (Å²) in [6.45, 7) is 5.65. The minimum atomic E-state index is -0.319. The molecule has 0 spiro atoms. The molecule has 0 aliphatic carbocycles. The number of nitrogens with one attached hydrogen (secondary N) is 1. The Bertz CT molecular complexity index is 1040. The van der Waals surface area contributed by atoms with Crippen LogP contribution in [0.1, 0.15) is 37.4 Å². The number of urea groups is 1. The minimum absolute atomic E-state index is 0.0124. The Balaban J connectivity index is 0.000000338. The fourth-order valence-corrected chi connectivity index (χ4v) is 4.69. The van der Waals surface area contributed by atoms with Crippen LogP contribution in [0.25, 0.3) is 0 Å². The van der Waals surface area contributed by atoms with E-state index >= 15 is 0 Å². The summed E-state index contributed by atoms with van der Waals surface area (Å²) in [5.41, 5.74) is 2.30. The maximum atomic E-state index is 12.5. The largest absolute Gasteiger partial charge is 0.494 e. The fraction of sp³-hybridized carbons (Fsp3) is 0.500. The highest BCUT2D eigenvalue weighted by atomic mass is 79.9. The number of amides is 2. The maximum Gasteiger partial charge on any atom is 0.320 e. The molecule has 1 fully saturated rings. The van der Waals surface area contributed by atoms with Crippen molar-refractivity contribution in [3.05, 3.63) is 51.9 Å². The number of ether oxygens (including phenoxy) is 2. The van der Waals surface area contributed by atoms with Gasteiger partial charge in [-0.25, -0.2) is 14.2 Å². The Labute approximate surface area is 220 Å². The molecule has 2 aliphatic rings. The van der Waals surface area contributed by atoms with E-state index in [0.717, 1.165) is 48.2 Å². The van der Waals surface area contributed by atoms with Gasteiger partial charge in [0.05, 0.1) is 25.8 Å². The first kappa shape index (κ1) is 27.7. The van der Waals surface area contributed by atoms with Crippen LogP contribution in [0, 0.1) is 5.82 Å². The Morgan fingerprint density at radius 3 is 2.67 bits per heavy atom. The van der Waals surface area contributed by atoms with Gasteiger partial charge in [0.15, 0.2) is 11.6 Å². The summed E-state index contributed by atoms with van der Waals surface area (Å²) in [7, 11) is 1.44. The molecule has 0 saturated carbocycles. The van der Waals surface area contributed by atoms with Crippen molar-refractivity contribution in [3.8, 4) is 5.75 Å². The Morgan fingerprint density at radius 2 is 1.97 bits per heavy atom. The molecule has 0 atom stereocenters. The second kappa shape index (κ2) is 14.0. The summed E-state index contributed by atoms with van der Waals surface area (Å²) in [4.78, 5) is 32.2. The summed E-state index contributed by atoms with van der Waals surface area (Å²) in [5.74, 6) is 0.722. The number of esters is 1. The summed E-state index contributed by atoms with van der Waals surface area (Å²) in [6.07, 6.45) is 4.15. The molecule has 10 heteroatoms. The van der Waals surface area contributed by atoms with Gasteiger partial charge in [-0.1, -0.05) is 12.1 Å². The summed E-state index contributed by atoms with van der Waals surface area (Å²) < 4.78 is 23.1. The van der Waals surface area contributed by atoms with Gasteiger partial charge in [0.1, 0.15) is 5.82 Å². The Morgan fingerprint density at radius 1 is 1.22 bits per heavy atom. The van der Waals surface area contributed by atoms with Crippen LogP contribution in [0.4, 0.5) is 15.0 Å². The fourth-order valence-electron chi connectivity index (χ4n) is 4.12. The topological polar surface area (TPSA) is 84.0 Å². The molecule has 2 aromatic rings. The molecule has 1 saturated heterocycles. The number of para-hydroxylation sites is 1. The van der Waals surface area contributed by atoms with Gasteiger partial charge in [0.2, 0.25) is 0 Å². The molecule has 2 amide bonds. The van der Waals surface area contributed by atoms with Gasteiger partial charge in [-0.05, 0) is 72.3 Å². The first-order valence-electron chi connectivity index (χ1n) is 12.3. The third-order valence-electron chi connectivity index (χ3n) is 6.01. The van der Waals surface area contributed by atoms with Crippen LogP contribution in [0.3, 0.4) is 0 Å². The maximum absolute atomic E-state index is 12.5. The first-order valence-corrected chi connectivity index (χ1v) is 13.1. The van der Waals surface area contributed by atoms with E-state index in [9.17, 15) is 14.0 Å². The van der Waals surface area contributed by atoms with Crippen LogP contribution in [-0.2, 0) is 22.4 Å². The lowest BCUT2D eigenvalue weighted by Gasteiger charge is -2.20. The highest BCUT2D eigenvalue weighted by Crippen LogP contribution is 2.27.